The Labute approximate surface area is 190 Å². The number of allylic oxidation sites excluding steroid dienone is 2. The first kappa shape index (κ1) is 24.6. The van der Waals surface area contributed by atoms with Crippen molar-refractivity contribution in [1.82, 2.24) is 14.9 Å². The van der Waals surface area contributed by atoms with Crippen molar-refractivity contribution in [3.8, 4) is 0 Å². The number of imidazole rings is 1. The van der Waals surface area contributed by atoms with Crippen molar-refractivity contribution in [2.75, 3.05) is 13.7 Å². The maximum absolute atomic E-state index is 12.9. The monoisotopic (exact) mass is 462 g/mol. The molecule has 1 unspecified atom stereocenters. The van der Waals surface area contributed by atoms with Gasteiger partial charge in [0.25, 0.3) is 5.69 Å². The molecule has 1 aromatic carbocycles. The van der Waals surface area contributed by atoms with Crippen LogP contribution in [0, 0.1) is 10.1 Å². The topological polar surface area (TPSA) is 126 Å². The summed E-state index contributed by atoms with van der Waals surface area (Å²) in [5.74, 6) is -2.19. The summed E-state index contributed by atoms with van der Waals surface area (Å²) in [4.78, 5) is 40.6. The number of hydrogen-bond acceptors (Lipinski definition) is 8. The SMILES string of the molecule is CCOC(=O)C1=C(C)NC(Cn2ccnc2)=C(C(=O)OC)C1c1cccc([N+](=O)[O-])c1.Cl. The van der Waals surface area contributed by atoms with Crippen LogP contribution in [0.1, 0.15) is 25.3 Å². The smallest absolute Gasteiger partial charge is 0.336 e. The molecule has 1 N–H and O–H groups in total. The summed E-state index contributed by atoms with van der Waals surface area (Å²) in [7, 11) is 1.24. The Balaban J connectivity index is 0.00000363. The van der Waals surface area contributed by atoms with Crippen molar-refractivity contribution >= 4 is 30.0 Å². The minimum atomic E-state index is -0.911. The van der Waals surface area contributed by atoms with E-state index in [0.29, 0.717) is 17.0 Å². The number of hydrogen-bond donors (Lipinski definition) is 1. The Morgan fingerprint density at radius 1 is 1.28 bits per heavy atom. The number of carbonyl (C=O) groups excluding carboxylic acids is 2. The Morgan fingerprint density at radius 2 is 2.03 bits per heavy atom. The third-order valence-corrected chi connectivity index (χ3v) is 4.86. The number of non-ortho nitro benzene ring substituents is 1. The van der Waals surface area contributed by atoms with E-state index in [2.05, 4.69) is 10.3 Å². The van der Waals surface area contributed by atoms with Gasteiger partial charge in [-0.1, -0.05) is 12.1 Å². The number of halogens is 1. The molecule has 1 atom stereocenters. The number of nitro benzene ring substituents is 1. The molecule has 2 aromatic rings. The fourth-order valence-electron chi connectivity index (χ4n) is 3.57. The molecule has 10 nitrogen and oxygen atoms in total. The second kappa shape index (κ2) is 10.6. The Bertz CT molecular complexity index is 1080. The Morgan fingerprint density at radius 3 is 2.62 bits per heavy atom. The van der Waals surface area contributed by atoms with Crippen molar-refractivity contribution in [3.63, 3.8) is 0 Å². The average molecular weight is 463 g/mol. The molecular formula is C21H23ClN4O6. The maximum Gasteiger partial charge on any atom is 0.336 e. The van der Waals surface area contributed by atoms with Crippen molar-refractivity contribution in [3.05, 3.63) is 81.2 Å². The highest BCUT2D eigenvalue weighted by Gasteiger charge is 2.39. The van der Waals surface area contributed by atoms with Crippen LogP contribution in [-0.4, -0.2) is 40.1 Å². The van der Waals surface area contributed by atoms with Crippen molar-refractivity contribution < 1.29 is 24.0 Å². The summed E-state index contributed by atoms with van der Waals surface area (Å²) in [6.45, 7) is 3.76. The van der Waals surface area contributed by atoms with Gasteiger partial charge in [0.05, 0.1) is 48.6 Å². The van der Waals surface area contributed by atoms with Gasteiger partial charge in [-0.25, -0.2) is 14.6 Å². The fourth-order valence-corrected chi connectivity index (χ4v) is 3.57. The lowest BCUT2D eigenvalue weighted by atomic mass is 9.80. The minimum absolute atomic E-state index is 0. The average Bonchev–Trinajstić information content (AvgIpc) is 3.26. The van der Waals surface area contributed by atoms with E-state index in [9.17, 15) is 19.7 Å². The van der Waals surface area contributed by atoms with Gasteiger partial charge in [0.2, 0.25) is 0 Å². The maximum atomic E-state index is 12.9. The van der Waals surface area contributed by atoms with E-state index in [1.54, 1.807) is 43.2 Å². The quantitative estimate of drug-likeness (QED) is 0.378. The number of carbonyl (C=O) groups is 2. The van der Waals surface area contributed by atoms with Crippen LogP contribution in [0.15, 0.2) is 65.5 Å². The van der Waals surface area contributed by atoms with Gasteiger partial charge in [-0.2, -0.15) is 0 Å². The molecule has 1 aromatic heterocycles. The Kier molecular flexibility index (Phi) is 8.14. The van der Waals surface area contributed by atoms with Gasteiger partial charge in [-0.15, -0.1) is 12.4 Å². The molecule has 0 aliphatic carbocycles. The molecule has 0 saturated carbocycles. The summed E-state index contributed by atoms with van der Waals surface area (Å²) < 4.78 is 12.0. The summed E-state index contributed by atoms with van der Waals surface area (Å²) in [5.41, 5.74) is 1.59. The van der Waals surface area contributed by atoms with Crippen LogP contribution in [0.2, 0.25) is 0 Å². The standard InChI is InChI=1S/C21H22N4O6.ClH/c1-4-31-21(27)17-13(2)23-16(11-24-9-8-22-12-24)19(20(26)30-3)18(17)14-6-5-7-15(10-14)25(28)29;/h5-10,12,18,23H,4,11H2,1-3H3;1H. The molecule has 3 rings (SSSR count). The lowest BCUT2D eigenvalue weighted by Crippen LogP contribution is -2.34. The van der Waals surface area contributed by atoms with Gasteiger partial charge in [0.15, 0.2) is 0 Å². The van der Waals surface area contributed by atoms with Crippen LogP contribution >= 0.6 is 12.4 Å². The zero-order valence-corrected chi connectivity index (χ0v) is 18.5. The number of ether oxygens (including phenoxy) is 2. The highest BCUT2D eigenvalue weighted by atomic mass is 35.5. The summed E-state index contributed by atoms with van der Waals surface area (Å²) in [5, 5.41) is 14.5. The van der Waals surface area contributed by atoms with Gasteiger partial charge < -0.3 is 19.4 Å². The van der Waals surface area contributed by atoms with Crippen LogP contribution in [-0.2, 0) is 25.6 Å². The molecule has 0 fully saturated rings. The molecule has 1 aliphatic rings. The summed E-state index contributed by atoms with van der Waals surface area (Å²) in [6, 6.07) is 5.84. The molecule has 11 heteroatoms. The van der Waals surface area contributed by atoms with Crippen LogP contribution in [0.25, 0.3) is 0 Å². The van der Waals surface area contributed by atoms with Gasteiger partial charge in [0.1, 0.15) is 0 Å². The zero-order valence-electron chi connectivity index (χ0n) is 17.7. The molecule has 32 heavy (non-hydrogen) atoms. The van der Waals surface area contributed by atoms with Crippen LogP contribution < -0.4 is 5.32 Å². The second-order valence-electron chi connectivity index (χ2n) is 6.79. The normalized spacial score (nSPS) is 15.5. The van der Waals surface area contributed by atoms with E-state index in [0.717, 1.165) is 0 Å². The van der Waals surface area contributed by atoms with E-state index in [1.165, 1.54) is 25.3 Å². The van der Waals surface area contributed by atoms with E-state index >= 15 is 0 Å². The number of nitrogens with one attached hydrogen (secondary N) is 1. The number of nitro groups is 1. The molecule has 0 saturated heterocycles. The lowest BCUT2D eigenvalue weighted by Gasteiger charge is -2.31. The number of nitrogens with zero attached hydrogens (tertiary/aromatic N) is 3. The number of rotatable bonds is 7. The zero-order chi connectivity index (χ0) is 22.5. The fraction of sp³-hybridized carbons (Fsp3) is 0.286. The predicted molar refractivity (Wildman–Crippen MR) is 117 cm³/mol. The third kappa shape index (κ3) is 4.97. The third-order valence-electron chi connectivity index (χ3n) is 4.86. The van der Waals surface area contributed by atoms with Crippen molar-refractivity contribution in [1.29, 1.82) is 0 Å². The minimum Gasteiger partial charge on any atom is -0.466 e. The number of esters is 2. The molecule has 2 heterocycles. The second-order valence-corrected chi connectivity index (χ2v) is 6.79. The molecule has 0 amide bonds. The van der Waals surface area contributed by atoms with E-state index in [4.69, 9.17) is 9.47 Å². The molecule has 0 bridgehead atoms. The van der Waals surface area contributed by atoms with Gasteiger partial charge in [-0.3, -0.25) is 10.1 Å². The molecule has 170 valence electrons. The van der Waals surface area contributed by atoms with Gasteiger partial charge in [0, 0.05) is 35.9 Å². The van der Waals surface area contributed by atoms with Crippen LogP contribution in [0.5, 0.6) is 0 Å². The predicted octanol–water partition coefficient (Wildman–Crippen LogP) is 2.86. The van der Waals surface area contributed by atoms with Gasteiger partial charge in [-0.05, 0) is 19.4 Å². The van der Waals surface area contributed by atoms with Crippen LogP contribution in [0.4, 0.5) is 5.69 Å². The molecule has 0 spiro atoms. The number of benzene rings is 1. The first-order valence-electron chi connectivity index (χ1n) is 9.53. The van der Waals surface area contributed by atoms with Gasteiger partial charge >= 0.3 is 11.9 Å². The highest BCUT2D eigenvalue weighted by Crippen LogP contribution is 2.40. The first-order chi connectivity index (χ1) is 14.9. The van der Waals surface area contributed by atoms with Crippen LogP contribution in [0.3, 0.4) is 0 Å². The highest BCUT2D eigenvalue weighted by molar-refractivity contribution is 6.00. The summed E-state index contributed by atoms with van der Waals surface area (Å²) >= 11 is 0. The van der Waals surface area contributed by atoms with Crippen molar-refractivity contribution in [2.45, 2.75) is 26.3 Å². The lowest BCUT2D eigenvalue weighted by molar-refractivity contribution is -0.384. The Hall–Kier alpha value is -3.66. The first-order valence-corrected chi connectivity index (χ1v) is 9.53. The number of dihydropyridines is 1. The molecular weight excluding hydrogens is 440 g/mol. The van der Waals surface area contributed by atoms with Crippen molar-refractivity contribution in [2.24, 2.45) is 0 Å². The van der Waals surface area contributed by atoms with E-state index in [-0.39, 0.29) is 42.4 Å². The van der Waals surface area contributed by atoms with E-state index in [1.807, 2.05) is 0 Å². The van der Waals surface area contributed by atoms with E-state index < -0.39 is 22.8 Å². The summed E-state index contributed by atoms with van der Waals surface area (Å²) in [6.07, 6.45) is 4.92. The number of methoxy groups -OCH3 is 1. The largest absolute Gasteiger partial charge is 0.466 e. The molecule has 1 aliphatic heterocycles. The number of aromatic nitrogens is 2. The molecule has 0 radical (unpaired) electrons.